The molecule has 1 amide bonds. The maximum absolute atomic E-state index is 13.6. The van der Waals surface area contributed by atoms with Gasteiger partial charge in [0.05, 0.1) is 18.4 Å². The van der Waals surface area contributed by atoms with Crippen LogP contribution in [0.25, 0.3) is 10.8 Å². The summed E-state index contributed by atoms with van der Waals surface area (Å²) in [5.41, 5.74) is 1.87. The number of benzene rings is 2. The first-order valence-electron chi connectivity index (χ1n) is 10.6. The SMILES string of the molecule is Cc1ccc2ccccc2c1C(=O)N1CC2CCC1CC2COc1ccc(F)cn1. The topological polar surface area (TPSA) is 42.4 Å². The van der Waals surface area contributed by atoms with Crippen molar-refractivity contribution in [3.05, 3.63) is 71.7 Å². The fraction of sp³-hybridized carbons (Fsp3) is 0.360. The molecule has 2 aliphatic heterocycles. The summed E-state index contributed by atoms with van der Waals surface area (Å²) in [6.07, 6.45) is 4.29. The van der Waals surface area contributed by atoms with Gasteiger partial charge in [-0.15, -0.1) is 0 Å². The Bertz CT molecular complexity index is 1080. The molecule has 0 spiro atoms. The molecule has 2 aromatic carbocycles. The van der Waals surface area contributed by atoms with Gasteiger partial charge in [-0.05, 0) is 60.4 Å². The fourth-order valence-electron chi connectivity index (χ4n) is 5.13. The van der Waals surface area contributed by atoms with Crippen LogP contribution in [0.4, 0.5) is 4.39 Å². The van der Waals surface area contributed by atoms with E-state index in [9.17, 15) is 9.18 Å². The summed E-state index contributed by atoms with van der Waals surface area (Å²) in [7, 11) is 0. The number of ether oxygens (including phenoxy) is 1. The lowest BCUT2D eigenvalue weighted by Crippen LogP contribution is -2.55. The number of rotatable bonds is 4. The van der Waals surface area contributed by atoms with Gasteiger partial charge in [0.15, 0.2) is 0 Å². The van der Waals surface area contributed by atoms with Crippen molar-refractivity contribution in [3.63, 3.8) is 0 Å². The predicted octanol–water partition coefficient (Wildman–Crippen LogP) is 5.00. The first kappa shape index (κ1) is 19.0. The Hall–Kier alpha value is -2.95. The minimum atomic E-state index is -0.364. The van der Waals surface area contributed by atoms with E-state index < -0.39 is 0 Å². The number of nitrogens with zero attached hydrogens (tertiary/aromatic N) is 2. The Labute approximate surface area is 175 Å². The van der Waals surface area contributed by atoms with Gasteiger partial charge in [-0.2, -0.15) is 0 Å². The molecule has 3 unspecified atom stereocenters. The van der Waals surface area contributed by atoms with Crippen molar-refractivity contribution < 1.29 is 13.9 Å². The van der Waals surface area contributed by atoms with E-state index in [1.54, 1.807) is 6.07 Å². The molecule has 2 bridgehead atoms. The summed E-state index contributed by atoms with van der Waals surface area (Å²) in [5.74, 6) is 1.07. The van der Waals surface area contributed by atoms with Crippen LogP contribution in [0.5, 0.6) is 5.88 Å². The van der Waals surface area contributed by atoms with E-state index in [1.807, 2.05) is 31.2 Å². The van der Waals surface area contributed by atoms with Gasteiger partial charge in [-0.25, -0.2) is 9.37 Å². The summed E-state index contributed by atoms with van der Waals surface area (Å²) in [5, 5.41) is 2.14. The Morgan fingerprint density at radius 1 is 1.17 bits per heavy atom. The highest BCUT2D eigenvalue weighted by molar-refractivity contribution is 6.08. The maximum Gasteiger partial charge on any atom is 0.255 e. The molecule has 154 valence electrons. The molecule has 3 heterocycles. The van der Waals surface area contributed by atoms with Crippen LogP contribution in [0.2, 0.25) is 0 Å². The summed E-state index contributed by atoms with van der Waals surface area (Å²) in [6, 6.07) is 15.4. The molecule has 3 aromatic rings. The summed E-state index contributed by atoms with van der Waals surface area (Å²) in [4.78, 5) is 19.7. The van der Waals surface area contributed by atoms with Crippen LogP contribution in [-0.4, -0.2) is 35.0 Å². The quantitative estimate of drug-likeness (QED) is 0.614. The molecule has 0 N–H and O–H groups in total. The smallest absolute Gasteiger partial charge is 0.255 e. The van der Waals surface area contributed by atoms with E-state index in [0.717, 1.165) is 47.7 Å². The molecule has 3 atom stereocenters. The Kier molecular flexibility index (Phi) is 4.89. The molecule has 1 saturated carbocycles. The second-order valence-corrected chi connectivity index (χ2v) is 8.55. The highest BCUT2D eigenvalue weighted by Gasteiger charge is 2.43. The van der Waals surface area contributed by atoms with Gasteiger partial charge in [0.1, 0.15) is 5.82 Å². The van der Waals surface area contributed by atoms with Gasteiger partial charge in [0.2, 0.25) is 5.88 Å². The Morgan fingerprint density at radius 2 is 2.03 bits per heavy atom. The molecular formula is C25H25FN2O2. The van der Waals surface area contributed by atoms with E-state index in [4.69, 9.17) is 4.74 Å². The number of halogens is 1. The van der Waals surface area contributed by atoms with Crippen LogP contribution in [0, 0.1) is 24.6 Å². The van der Waals surface area contributed by atoms with Crippen LogP contribution in [0.15, 0.2) is 54.7 Å². The predicted molar refractivity (Wildman–Crippen MR) is 114 cm³/mol. The molecule has 3 fully saturated rings. The molecular weight excluding hydrogens is 379 g/mol. The average molecular weight is 404 g/mol. The van der Waals surface area contributed by atoms with Crippen molar-refractivity contribution in [2.75, 3.05) is 13.2 Å². The number of carbonyl (C=O) groups is 1. The lowest BCUT2D eigenvalue weighted by atomic mass is 9.72. The third kappa shape index (κ3) is 3.42. The second kappa shape index (κ2) is 7.71. The first-order chi connectivity index (χ1) is 14.6. The van der Waals surface area contributed by atoms with E-state index in [-0.39, 0.29) is 17.8 Å². The molecule has 6 rings (SSSR count). The van der Waals surface area contributed by atoms with E-state index in [0.29, 0.717) is 24.3 Å². The third-order valence-electron chi connectivity index (χ3n) is 6.74. The number of piperidine rings is 2. The van der Waals surface area contributed by atoms with Gasteiger partial charge in [-0.1, -0.05) is 36.4 Å². The largest absolute Gasteiger partial charge is 0.477 e. The number of hydrogen-bond donors (Lipinski definition) is 0. The number of carbonyl (C=O) groups excluding carboxylic acids is 1. The lowest BCUT2D eigenvalue weighted by Gasteiger charge is -2.49. The van der Waals surface area contributed by atoms with E-state index in [1.165, 1.54) is 12.3 Å². The van der Waals surface area contributed by atoms with Crippen molar-refractivity contribution >= 4 is 16.7 Å². The van der Waals surface area contributed by atoms with Crippen LogP contribution in [0.1, 0.15) is 35.2 Å². The van der Waals surface area contributed by atoms with Gasteiger partial charge in [0.25, 0.3) is 5.91 Å². The average Bonchev–Trinajstić information content (AvgIpc) is 2.78. The molecule has 4 nitrogen and oxygen atoms in total. The minimum Gasteiger partial charge on any atom is -0.477 e. The van der Waals surface area contributed by atoms with Gasteiger partial charge in [-0.3, -0.25) is 4.79 Å². The van der Waals surface area contributed by atoms with Gasteiger partial charge in [0, 0.05) is 18.7 Å². The third-order valence-corrected chi connectivity index (χ3v) is 6.74. The number of fused-ring (bicyclic) bond motifs is 4. The molecule has 2 saturated heterocycles. The number of aromatic nitrogens is 1. The normalized spacial score (nSPS) is 23.0. The van der Waals surface area contributed by atoms with Crippen LogP contribution in [-0.2, 0) is 0 Å². The first-order valence-corrected chi connectivity index (χ1v) is 10.6. The van der Waals surface area contributed by atoms with Crippen molar-refractivity contribution in [3.8, 4) is 5.88 Å². The molecule has 3 aliphatic rings. The lowest BCUT2D eigenvalue weighted by molar-refractivity contribution is -0.00466. The molecule has 1 aromatic heterocycles. The fourth-order valence-corrected chi connectivity index (χ4v) is 5.13. The second-order valence-electron chi connectivity index (χ2n) is 8.55. The number of amides is 1. The number of hydrogen-bond acceptors (Lipinski definition) is 3. The molecule has 30 heavy (non-hydrogen) atoms. The molecule has 0 radical (unpaired) electrons. The highest BCUT2D eigenvalue weighted by atomic mass is 19.1. The van der Waals surface area contributed by atoms with E-state index in [2.05, 4.69) is 22.0 Å². The Balaban J connectivity index is 1.32. The molecule has 1 aliphatic carbocycles. The van der Waals surface area contributed by atoms with E-state index >= 15 is 0 Å². The number of pyridine rings is 1. The van der Waals surface area contributed by atoms with Crippen molar-refractivity contribution in [1.82, 2.24) is 9.88 Å². The van der Waals surface area contributed by atoms with Crippen molar-refractivity contribution in [2.24, 2.45) is 11.8 Å². The number of aryl methyl sites for hydroxylation is 1. The van der Waals surface area contributed by atoms with Crippen molar-refractivity contribution in [1.29, 1.82) is 0 Å². The highest BCUT2D eigenvalue weighted by Crippen LogP contribution is 2.41. The van der Waals surface area contributed by atoms with Gasteiger partial charge < -0.3 is 9.64 Å². The van der Waals surface area contributed by atoms with Gasteiger partial charge >= 0.3 is 0 Å². The summed E-state index contributed by atoms with van der Waals surface area (Å²) < 4.78 is 18.9. The minimum absolute atomic E-state index is 0.151. The standard InChI is InChI=1S/C25H25FN2O2/c1-16-6-7-17-4-2-3-5-22(17)24(16)25(29)28-14-18-8-10-21(28)12-19(18)15-30-23-11-9-20(26)13-27-23/h2-7,9,11,13,18-19,21H,8,10,12,14-15H2,1H3. The summed E-state index contributed by atoms with van der Waals surface area (Å²) >= 11 is 0. The van der Waals surface area contributed by atoms with Crippen LogP contribution in [0.3, 0.4) is 0 Å². The monoisotopic (exact) mass is 404 g/mol. The zero-order valence-corrected chi connectivity index (χ0v) is 17.1. The van der Waals surface area contributed by atoms with Crippen LogP contribution < -0.4 is 4.74 Å². The van der Waals surface area contributed by atoms with Crippen LogP contribution >= 0.6 is 0 Å². The molecule has 5 heteroatoms. The zero-order valence-electron chi connectivity index (χ0n) is 17.1. The summed E-state index contributed by atoms with van der Waals surface area (Å²) in [6.45, 7) is 3.36. The Morgan fingerprint density at radius 3 is 2.80 bits per heavy atom. The maximum atomic E-state index is 13.6. The zero-order chi connectivity index (χ0) is 20.7. The van der Waals surface area contributed by atoms with Crippen molar-refractivity contribution in [2.45, 2.75) is 32.2 Å².